The predicted molar refractivity (Wildman–Crippen MR) is 97.3 cm³/mol. The number of benzene rings is 1. The van der Waals surface area contributed by atoms with Gasteiger partial charge in [-0.25, -0.2) is 13.1 Å². The fourth-order valence-electron chi connectivity index (χ4n) is 1.77. The molecule has 1 aromatic carbocycles. The van der Waals surface area contributed by atoms with E-state index in [9.17, 15) is 8.42 Å². The van der Waals surface area contributed by atoms with Crippen molar-refractivity contribution in [3.05, 3.63) is 29.3 Å². The zero-order valence-corrected chi connectivity index (χ0v) is 15.7. The zero-order valence-electron chi connectivity index (χ0n) is 13.3. The van der Waals surface area contributed by atoms with E-state index in [0.717, 1.165) is 15.2 Å². The third-order valence-corrected chi connectivity index (χ3v) is 6.77. The molecule has 0 saturated carbocycles. The normalized spacial score (nSPS) is 11.6. The van der Waals surface area contributed by atoms with E-state index >= 15 is 0 Å². The largest absolute Gasteiger partial charge is 0.330 e. The van der Waals surface area contributed by atoms with Gasteiger partial charge in [-0.1, -0.05) is 29.2 Å². The number of aromatic nitrogens is 2. The summed E-state index contributed by atoms with van der Waals surface area (Å²) in [5.74, 6) is 0.822. The standard InChI is InChI=1S/C14H20N4O2S3/c1-10-5-6-12(9-11(10)2)16-13-17-18-14(22-13)21-7-4-8-23(19,20)15-3/h5-6,9,15H,4,7-8H2,1-3H3,(H,16,17). The number of aryl methyl sites for hydroxylation is 2. The second kappa shape index (κ2) is 8.09. The molecule has 0 saturated heterocycles. The van der Waals surface area contributed by atoms with Crippen LogP contribution in [0.5, 0.6) is 0 Å². The Morgan fingerprint density at radius 2 is 2.00 bits per heavy atom. The Balaban J connectivity index is 1.84. The third-order valence-electron chi connectivity index (χ3n) is 3.26. The Morgan fingerprint density at radius 3 is 2.70 bits per heavy atom. The van der Waals surface area contributed by atoms with Gasteiger partial charge in [-0.3, -0.25) is 0 Å². The summed E-state index contributed by atoms with van der Waals surface area (Å²) < 4.78 is 25.8. The average molecular weight is 373 g/mol. The Hall–Kier alpha value is -1.16. The molecule has 0 unspecified atom stereocenters. The highest BCUT2D eigenvalue weighted by atomic mass is 32.2. The smallest absolute Gasteiger partial charge is 0.211 e. The van der Waals surface area contributed by atoms with E-state index in [2.05, 4.69) is 46.2 Å². The number of hydrogen-bond donors (Lipinski definition) is 2. The van der Waals surface area contributed by atoms with Crippen molar-refractivity contribution in [1.29, 1.82) is 0 Å². The molecule has 0 bridgehead atoms. The van der Waals surface area contributed by atoms with E-state index in [-0.39, 0.29) is 5.75 Å². The van der Waals surface area contributed by atoms with Crippen molar-refractivity contribution in [2.45, 2.75) is 24.6 Å². The van der Waals surface area contributed by atoms with Crippen LogP contribution in [0.2, 0.25) is 0 Å². The van der Waals surface area contributed by atoms with Crippen LogP contribution in [0.15, 0.2) is 22.5 Å². The number of hydrogen-bond acceptors (Lipinski definition) is 7. The highest BCUT2D eigenvalue weighted by molar-refractivity contribution is 8.01. The molecule has 0 aliphatic rings. The van der Waals surface area contributed by atoms with Crippen molar-refractivity contribution in [3.63, 3.8) is 0 Å². The first-order valence-corrected chi connectivity index (χ1v) is 10.6. The van der Waals surface area contributed by atoms with Crippen LogP contribution in [-0.4, -0.2) is 37.2 Å². The van der Waals surface area contributed by atoms with Crippen molar-refractivity contribution in [2.24, 2.45) is 0 Å². The highest BCUT2D eigenvalue weighted by Crippen LogP contribution is 2.28. The summed E-state index contributed by atoms with van der Waals surface area (Å²) in [4.78, 5) is 0. The lowest BCUT2D eigenvalue weighted by molar-refractivity contribution is 0.587. The van der Waals surface area contributed by atoms with Gasteiger partial charge in [0, 0.05) is 11.4 Å². The van der Waals surface area contributed by atoms with Gasteiger partial charge >= 0.3 is 0 Å². The Morgan fingerprint density at radius 1 is 1.22 bits per heavy atom. The lowest BCUT2D eigenvalue weighted by Crippen LogP contribution is -2.22. The molecule has 2 aromatic rings. The molecule has 0 amide bonds. The molecule has 126 valence electrons. The first-order chi connectivity index (χ1) is 10.9. The van der Waals surface area contributed by atoms with Crippen molar-refractivity contribution in [3.8, 4) is 0 Å². The molecule has 0 aliphatic carbocycles. The summed E-state index contributed by atoms with van der Waals surface area (Å²) in [6, 6.07) is 6.15. The molecule has 0 fully saturated rings. The lowest BCUT2D eigenvalue weighted by atomic mass is 10.1. The Kier molecular flexibility index (Phi) is 6.40. The number of rotatable bonds is 8. The maximum Gasteiger partial charge on any atom is 0.211 e. The minimum Gasteiger partial charge on any atom is -0.330 e. The zero-order chi connectivity index (χ0) is 16.9. The van der Waals surface area contributed by atoms with E-state index in [1.807, 2.05) is 6.07 Å². The van der Waals surface area contributed by atoms with E-state index in [1.54, 1.807) is 0 Å². The Labute approximate surface area is 145 Å². The van der Waals surface area contributed by atoms with Crippen molar-refractivity contribution >= 4 is 43.9 Å². The van der Waals surface area contributed by atoms with Crippen LogP contribution in [0.1, 0.15) is 17.5 Å². The van der Waals surface area contributed by atoms with Crippen molar-refractivity contribution in [1.82, 2.24) is 14.9 Å². The van der Waals surface area contributed by atoms with E-state index < -0.39 is 10.0 Å². The summed E-state index contributed by atoms with van der Waals surface area (Å²) >= 11 is 2.99. The molecule has 23 heavy (non-hydrogen) atoms. The molecule has 9 heteroatoms. The fourth-order valence-corrected chi connectivity index (χ4v) is 4.46. The van der Waals surface area contributed by atoms with Gasteiger partial charge in [0.15, 0.2) is 4.34 Å². The van der Waals surface area contributed by atoms with Gasteiger partial charge in [0.2, 0.25) is 15.2 Å². The van der Waals surface area contributed by atoms with Crippen molar-refractivity contribution < 1.29 is 8.42 Å². The Bertz CT molecular complexity index is 759. The molecular weight excluding hydrogens is 352 g/mol. The molecule has 2 rings (SSSR count). The van der Waals surface area contributed by atoms with Gasteiger partial charge in [0.1, 0.15) is 0 Å². The summed E-state index contributed by atoms with van der Waals surface area (Å²) in [5, 5.41) is 12.2. The SMILES string of the molecule is CNS(=O)(=O)CCCSc1nnc(Nc2ccc(C)c(C)c2)s1. The minimum absolute atomic E-state index is 0.128. The third kappa shape index (κ3) is 5.76. The van der Waals surface area contributed by atoms with E-state index in [1.165, 1.54) is 41.3 Å². The summed E-state index contributed by atoms with van der Waals surface area (Å²) in [5.41, 5.74) is 3.46. The number of thioether (sulfide) groups is 1. The molecule has 1 aromatic heterocycles. The number of nitrogens with zero attached hydrogens (tertiary/aromatic N) is 2. The minimum atomic E-state index is -3.13. The average Bonchev–Trinajstić information content (AvgIpc) is 2.95. The van der Waals surface area contributed by atoms with Gasteiger partial charge in [-0.05, 0) is 50.6 Å². The second-order valence-electron chi connectivity index (χ2n) is 5.02. The van der Waals surface area contributed by atoms with Crippen LogP contribution in [0.3, 0.4) is 0 Å². The van der Waals surface area contributed by atoms with E-state index in [0.29, 0.717) is 12.2 Å². The molecule has 6 nitrogen and oxygen atoms in total. The highest BCUT2D eigenvalue weighted by Gasteiger charge is 2.09. The monoisotopic (exact) mass is 372 g/mol. The van der Waals surface area contributed by atoms with Crippen molar-refractivity contribution in [2.75, 3.05) is 23.9 Å². The molecule has 2 N–H and O–H groups in total. The van der Waals surface area contributed by atoms with Crippen LogP contribution in [0.4, 0.5) is 10.8 Å². The summed E-state index contributed by atoms with van der Waals surface area (Å²) in [6.07, 6.45) is 0.577. The second-order valence-corrected chi connectivity index (χ2v) is 9.39. The molecule has 0 atom stereocenters. The quantitative estimate of drug-likeness (QED) is 0.547. The molecule has 1 heterocycles. The van der Waals surface area contributed by atoms with Gasteiger partial charge in [0.05, 0.1) is 5.75 Å². The summed E-state index contributed by atoms with van der Waals surface area (Å²) in [6.45, 7) is 4.15. The number of sulfonamides is 1. The molecule has 0 radical (unpaired) electrons. The van der Waals surface area contributed by atoms with Crippen LogP contribution in [0, 0.1) is 13.8 Å². The van der Waals surface area contributed by atoms with Gasteiger partial charge in [-0.2, -0.15) is 0 Å². The topological polar surface area (TPSA) is 84.0 Å². The van der Waals surface area contributed by atoms with Crippen LogP contribution in [0.25, 0.3) is 0 Å². The first-order valence-electron chi connectivity index (χ1n) is 7.11. The van der Waals surface area contributed by atoms with E-state index in [4.69, 9.17) is 0 Å². The van der Waals surface area contributed by atoms with Gasteiger partial charge in [0.25, 0.3) is 0 Å². The summed E-state index contributed by atoms with van der Waals surface area (Å²) in [7, 11) is -1.70. The van der Waals surface area contributed by atoms with Crippen LogP contribution >= 0.6 is 23.1 Å². The molecule has 0 spiro atoms. The van der Waals surface area contributed by atoms with Crippen LogP contribution in [-0.2, 0) is 10.0 Å². The first kappa shape index (κ1) is 18.2. The lowest BCUT2D eigenvalue weighted by Gasteiger charge is -2.05. The van der Waals surface area contributed by atoms with Gasteiger partial charge < -0.3 is 5.32 Å². The van der Waals surface area contributed by atoms with Crippen LogP contribution < -0.4 is 10.0 Å². The molecule has 0 aliphatic heterocycles. The fraction of sp³-hybridized carbons (Fsp3) is 0.429. The van der Waals surface area contributed by atoms with Gasteiger partial charge in [-0.15, -0.1) is 10.2 Å². The number of anilines is 2. The number of nitrogens with one attached hydrogen (secondary N) is 2. The molecular formula is C14H20N4O2S3. The predicted octanol–water partition coefficient (Wildman–Crippen LogP) is 2.93. The maximum absolute atomic E-state index is 11.3. The maximum atomic E-state index is 11.3.